The van der Waals surface area contributed by atoms with Gasteiger partial charge in [0.2, 0.25) is 0 Å². The number of aryl methyl sites for hydroxylation is 2. The standard InChI is InChI=1S/C23H23N3OS/c1-3-15-7-4-5-8-17(15)26-18-9-6-10-19(27)22(18)21(16(13-24)23(26)25)20-12-11-14(2)28-20/h4-5,7-8,11-12,21H,3,6,9-10,25H2,1-2H3. The largest absolute Gasteiger partial charge is 0.384 e. The normalized spacial score (nSPS) is 19.7. The molecular weight excluding hydrogens is 366 g/mol. The van der Waals surface area contributed by atoms with Gasteiger partial charge in [0, 0.05) is 27.4 Å². The first-order valence-corrected chi connectivity index (χ1v) is 10.5. The van der Waals surface area contributed by atoms with Crippen LogP contribution in [0.5, 0.6) is 0 Å². The highest BCUT2D eigenvalue weighted by atomic mass is 32.1. The van der Waals surface area contributed by atoms with Crippen LogP contribution in [0, 0.1) is 18.3 Å². The number of anilines is 1. The second kappa shape index (κ2) is 7.29. The predicted octanol–water partition coefficient (Wildman–Crippen LogP) is 4.92. The van der Waals surface area contributed by atoms with Gasteiger partial charge in [0.05, 0.1) is 23.2 Å². The molecule has 4 nitrogen and oxygen atoms in total. The van der Waals surface area contributed by atoms with E-state index in [0.717, 1.165) is 51.5 Å². The number of carbonyl (C=O) groups is 1. The van der Waals surface area contributed by atoms with E-state index in [2.05, 4.69) is 19.1 Å². The van der Waals surface area contributed by atoms with Crippen molar-refractivity contribution < 1.29 is 4.79 Å². The summed E-state index contributed by atoms with van der Waals surface area (Å²) in [6.07, 6.45) is 2.99. The molecule has 0 spiro atoms. The molecule has 1 aliphatic carbocycles. The van der Waals surface area contributed by atoms with E-state index < -0.39 is 0 Å². The van der Waals surface area contributed by atoms with Crippen molar-refractivity contribution in [2.45, 2.75) is 45.4 Å². The average Bonchev–Trinajstić information content (AvgIpc) is 3.13. The van der Waals surface area contributed by atoms with Crippen molar-refractivity contribution in [1.29, 1.82) is 5.26 Å². The summed E-state index contributed by atoms with van der Waals surface area (Å²) in [5.41, 5.74) is 10.9. The number of Topliss-reactive ketones (excluding diaryl/α,β-unsaturated/α-hetero) is 1. The SMILES string of the molecule is CCc1ccccc1N1C(N)=C(C#N)C(c2ccc(C)s2)C2=C1CCCC2=O. The second-order valence-electron chi connectivity index (χ2n) is 7.25. The molecule has 1 aromatic heterocycles. The molecular formula is C23H23N3OS. The number of nitrogens with two attached hydrogens (primary N) is 1. The van der Waals surface area contributed by atoms with Gasteiger partial charge < -0.3 is 5.73 Å². The number of ketones is 1. The van der Waals surface area contributed by atoms with Crippen LogP contribution in [-0.4, -0.2) is 5.78 Å². The summed E-state index contributed by atoms with van der Waals surface area (Å²) in [6.45, 7) is 4.14. The molecule has 0 radical (unpaired) electrons. The van der Waals surface area contributed by atoms with E-state index in [0.29, 0.717) is 17.8 Å². The van der Waals surface area contributed by atoms with E-state index in [4.69, 9.17) is 5.73 Å². The van der Waals surface area contributed by atoms with E-state index in [1.54, 1.807) is 11.3 Å². The Bertz CT molecular complexity index is 1050. The summed E-state index contributed by atoms with van der Waals surface area (Å²) >= 11 is 1.63. The molecule has 1 aliphatic heterocycles. The molecule has 4 rings (SSSR count). The lowest BCUT2D eigenvalue weighted by Crippen LogP contribution is -2.39. The van der Waals surface area contributed by atoms with Crippen molar-refractivity contribution in [2.75, 3.05) is 4.90 Å². The fraction of sp³-hybridized carbons (Fsp3) is 0.304. The van der Waals surface area contributed by atoms with Gasteiger partial charge in [0.15, 0.2) is 5.78 Å². The molecule has 0 amide bonds. The molecule has 2 N–H and O–H groups in total. The molecule has 0 fully saturated rings. The average molecular weight is 390 g/mol. The summed E-state index contributed by atoms with van der Waals surface area (Å²) in [5.74, 6) is 0.237. The van der Waals surface area contributed by atoms with Gasteiger partial charge in [-0.15, -0.1) is 11.3 Å². The number of nitriles is 1. The fourth-order valence-corrected chi connectivity index (χ4v) is 5.28. The number of thiophene rings is 1. The summed E-state index contributed by atoms with van der Waals surface area (Å²) in [5, 5.41) is 10.0. The third-order valence-electron chi connectivity index (χ3n) is 5.57. The van der Waals surface area contributed by atoms with Crippen molar-refractivity contribution in [3.05, 3.63) is 74.4 Å². The molecule has 0 bridgehead atoms. The molecule has 2 aliphatic rings. The molecule has 1 unspecified atom stereocenters. The van der Waals surface area contributed by atoms with Gasteiger partial charge in [-0.25, -0.2) is 0 Å². The summed E-state index contributed by atoms with van der Waals surface area (Å²) < 4.78 is 0. The van der Waals surface area contributed by atoms with E-state index in [1.165, 1.54) is 0 Å². The summed E-state index contributed by atoms with van der Waals surface area (Å²) in [4.78, 5) is 17.2. The minimum Gasteiger partial charge on any atom is -0.384 e. The maximum Gasteiger partial charge on any atom is 0.161 e. The Morgan fingerprint density at radius 3 is 2.71 bits per heavy atom. The highest BCUT2D eigenvalue weighted by Crippen LogP contribution is 2.48. The minimum absolute atomic E-state index is 0.136. The first kappa shape index (κ1) is 18.5. The third-order valence-corrected chi connectivity index (χ3v) is 6.64. The minimum atomic E-state index is -0.350. The zero-order chi connectivity index (χ0) is 19.8. The van der Waals surface area contributed by atoms with E-state index >= 15 is 0 Å². The third kappa shape index (κ3) is 2.85. The fourth-order valence-electron chi connectivity index (χ4n) is 4.28. The molecule has 142 valence electrons. The van der Waals surface area contributed by atoms with Gasteiger partial charge in [0.25, 0.3) is 0 Å². The van der Waals surface area contributed by atoms with Gasteiger partial charge in [-0.2, -0.15) is 5.26 Å². The van der Waals surface area contributed by atoms with Gasteiger partial charge >= 0.3 is 0 Å². The Kier molecular flexibility index (Phi) is 4.82. The van der Waals surface area contributed by atoms with Gasteiger partial charge in [-0.1, -0.05) is 25.1 Å². The molecule has 28 heavy (non-hydrogen) atoms. The topological polar surface area (TPSA) is 70.1 Å². The highest BCUT2D eigenvalue weighted by molar-refractivity contribution is 7.12. The van der Waals surface area contributed by atoms with Crippen LogP contribution in [-0.2, 0) is 11.2 Å². The van der Waals surface area contributed by atoms with Crippen LogP contribution in [0.3, 0.4) is 0 Å². The quantitative estimate of drug-likeness (QED) is 0.808. The van der Waals surface area contributed by atoms with Crippen molar-refractivity contribution >= 4 is 22.8 Å². The molecule has 1 atom stereocenters. The van der Waals surface area contributed by atoms with Gasteiger partial charge in [0.1, 0.15) is 5.82 Å². The first-order valence-electron chi connectivity index (χ1n) is 9.67. The lowest BCUT2D eigenvalue weighted by atomic mass is 9.78. The number of carbonyl (C=O) groups excluding carboxylic acids is 1. The highest BCUT2D eigenvalue weighted by Gasteiger charge is 2.41. The number of nitrogens with zero attached hydrogens (tertiary/aromatic N) is 2. The maximum absolute atomic E-state index is 13.1. The molecule has 5 heteroatoms. The zero-order valence-electron chi connectivity index (χ0n) is 16.2. The Morgan fingerprint density at radius 1 is 1.25 bits per heavy atom. The van der Waals surface area contributed by atoms with E-state index in [9.17, 15) is 10.1 Å². The molecule has 1 aromatic carbocycles. The molecule has 2 aromatic rings. The van der Waals surface area contributed by atoms with Crippen LogP contribution >= 0.6 is 11.3 Å². The van der Waals surface area contributed by atoms with Crippen LogP contribution in [0.25, 0.3) is 0 Å². The van der Waals surface area contributed by atoms with E-state index in [1.807, 2.05) is 42.2 Å². The van der Waals surface area contributed by atoms with Crippen molar-refractivity contribution in [3.8, 4) is 6.07 Å². The lowest BCUT2D eigenvalue weighted by molar-refractivity contribution is -0.116. The van der Waals surface area contributed by atoms with Crippen LogP contribution in [0.2, 0.25) is 0 Å². The summed E-state index contributed by atoms with van der Waals surface area (Å²) in [6, 6.07) is 14.5. The van der Waals surface area contributed by atoms with Crippen molar-refractivity contribution in [1.82, 2.24) is 0 Å². The molecule has 0 saturated heterocycles. The van der Waals surface area contributed by atoms with Crippen molar-refractivity contribution in [2.24, 2.45) is 5.73 Å². The van der Waals surface area contributed by atoms with Crippen LogP contribution in [0.1, 0.15) is 47.4 Å². The molecule has 0 saturated carbocycles. The van der Waals surface area contributed by atoms with Crippen LogP contribution in [0.15, 0.2) is 59.1 Å². The first-order chi connectivity index (χ1) is 13.6. The maximum atomic E-state index is 13.1. The van der Waals surface area contributed by atoms with Gasteiger partial charge in [-0.3, -0.25) is 9.69 Å². The van der Waals surface area contributed by atoms with Crippen molar-refractivity contribution in [3.63, 3.8) is 0 Å². The smallest absolute Gasteiger partial charge is 0.161 e. The number of rotatable bonds is 3. The number of allylic oxidation sites excluding steroid dienone is 3. The Hall–Kier alpha value is -2.84. The Morgan fingerprint density at radius 2 is 2.04 bits per heavy atom. The Labute approximate surface area is 169 Å². The molecule has 2 heterocycles. The van der Waals surface area contributed by atoms with Crippen LogP contribution in [0.4, 0.5) is 5.69 Å². The number of para-hydroxylation sites is 1. The monoisotopic (exact) mass is 389 g/mol. The number of hydrogen-bond donors (Lipinski definition) is 1. The van der Waals surface area contributed by atoms with E-state index in [-0.39, 0.29) is 11.7 Å². The predicted molar refractivity (Wildman–Crippen MR) is 113 cm³/mol. The number of hydrogen-bond acceptors (Lipinski definition) is 5. The lowest BCUT2D eigenvalue weighted by Gasteiger charge is -2.40. The Balaban J connectivity index is 1.99. The number of benzene rings is 1. The second-order valence-corrected chi connectivity index (χ2v) is 8.57. The van der Waals surface area contributed by atoms with Gasteiger partial charge in [-0.05, 0) is 49.9 Å². The summed E-state index contributed by atoms with van der Waals surface area (Å²) in [7, 11) is 0. The van der Waals surface area contributed by atoms with Crippen LogP contribution < -0.4 is 10.6 Å². The zero-order valence-corrected chi connectivity index (χ0v) is 17.0.